The van der Waals surface area contributed by atoms with Crippen LogP contribution in [0.2, 0.25) is 0 Å². The summed E-state index contributed by atoms with van der Waals surface area (Å²) < 4.78 is 0. The fourth-order valence-electron chi connectivity index (χ4n) is 3.30. The highest BCUT2D eigenvalue weighted by atomic mass is 16.2. The van der Waals surface area contributed by atoms with Crippen molar-refractivity contribution in [1.29, 1.82) is 0 Å². The number of amides is 2. The van der Waals surface area contributed by atoms with E-state index >= 15 is 0 Å². The van der Waals surface area contributed by atoms with E-state index in [0.29, 0.717) is 18.4 Å². The minimum atomic E-state index is 0.265. The topological polar surface area (TPSA) is 43.9 Å². The van der Waals surface area contributed by atoms with Crippen molar-refractivity contribution in [3.05, 3.63) is 0 Å². The molecule has 0 aromatic rings. The number of likely N-dealkylation sites (tertiary alicyclic amines) is 1. The number of hydrogen-bond acceptors (Lipinski definition) is 3. The van der Waals surface area contributed by atoms with Crippen molar-refractivity contribution < 1.29 is 9.59 Å². The number of rotatable bonds is 3. The molecule has 2 saturated heterocycles. The molecule has 0 radical (unpaired) electrons. The van der Waals surface area contributed by atoms with E-state index in [1.54, 1.807) is 0 Å². The van der Waals surface area contributed by atoms with E-state index < -0.39 is 0 Å². The van der Waals surface area contributed by atoms with Crippen molar-refractivity contribution in [3.63, 3.8) is 0 Å². The summed E-state index contributed by atoms with van der Waals surface area (Å²) in [6, 6.07) is 0. The molecule has 0 unspecified atom stereocenters. The van der Waals surface area contributed by atoms with Gasteiger partial charge in [-0.1, -0.05) is 6.42 Å². The summed E-state index contributed by atoms with van der Waals surface area (Å²) in [5.41, 5.74) is 0. The first kappa shape index (κ1) is 13.9. The fourth-order valence-corrected chi connectivity index (χ4v) is 3.30. The van der Waals surface area contributed by atoms with E-state index in [4.69, 9.17) is 0 Å². The van der Waals surface area contributed by atoms with Gasteiger partial charge in [-0.15, -0.1) is 0 Å². The first-order valence-electron chi connectivity index (χ1n) is 8.03. The molecule has 5 heteroatoms. The Morgan fingerprint density at radius 1 is 0.800 bits per heavy atom. The second-order valence-corrected chi connectivity index (χ2v) is 6.32. The predicted octanol–water partition coefficient (Wildman–Crippen LogP) is 0.553. The van der Waals surface area contributed by atoms with Crippen LogP contribution in [0.5, 0.6) is 0 Å². The number of carbonyl (C=O) groups excluding carboxylic acids is 2. The molecular weight excluding hydrogens is 254 g/mol. The molecule has 1 aliphatic carbocycles. The molecule has 20 heavy (non-hydrogen) atoms. The Kier molecular flexibility index (Phi) is 4.24. The van der Waals surface area contributed by atoms with Crippen LogP contribution in [0, 0.1) is 5.92 Å². The van der Waals surface area contributed by atoms with Crippen LogP contribution in [0.4, 0.5) is 0 Å². The van der Waals surface area contributed by atoms with Gasteiger partial charge in [0.1, 0.15) is 0 Å². The van der Waals surface area contributed by atoms with Crippen LogP contribution in [0.25, 0.3) is 0 Å². The van der Waals surface area contributed by atoms with Gasteiger partial charge in [-0.05, 0) is 25.7 Å². The molecule has 5 nitrogen and oxygen atoms in total. The van der Waals surface area contributed by atoms with E-state index in [1.807, 2.05) is 9.80 Å². The van der Waals surface area contributed by atoms with E-state index in [2.05, 4.69) is 4.90 Å². The minimum Gasteiger partial charge on any atom is -0.342 e. The zero-order valence-corrected chi connectivity index (χ0v) is 12.2. The van der Waals surface area contributed by atoms with Gasteiger partial charge in [0.25, 0.3) is 0 Å². The molecule has 2 amide bonds. The van der Waals surface area contributed by atoms with Crippen LogP contribution >= 0.6 is 0 Å². The van der Waals surface area contributed by atoms with Crippen molar-refractivity contribution in [2.45, 2.75) is 32.1 Å². The molecule has 3 aliphatic rings. The fraction of sp³-hybridized carbons (Fsp3) is 0.867. The second kappa shape index (κ2) is 6.12. The Bertz CT molecular complexity index is 367. The summed E-state index contributed by atoms with van der Waals surface area (Å²) in [7, 11) is 0. The first-order valence-corrected chi connectivity index (χ1v) is 8.03. The molecule has 0 aromatic carbocycles. The lowest BCUT2D eigenvalue weighted by atomic mass is 9.84. The highest BCUT2D eigenvalue weighted by Gasteiger charge is 2.31. The summed E-state index contributed by atoms with van der Waals surface area (Å²) >= 11 is 0. The van der Waals surface area contributed by atoms with Crippen molar-refractivity contribution in [1.82, 2.24) is 14.7 Å². The second-order valence-electron chi connectivity index (χ2n) is 6.32. The number of hydrogen-bond donors (Lipinski definition) is 0. The van der Waals surface area contributed by atoms with Gasteiger partial charge in [-0.25, -0.2) is 0 Å². The molecule has 3 fully saturated rings. The quantitative estimate of drug-likeness (QED) is 0.758. The summed E-state index contributed by atoms with van der Waals surface area (Å²) in [4.78, 5) is 30.4. The molecule has 112 valence electrons. The van der Waals surface area contributed by atoms with Crippen LogP contribution in [0.3, 0.4) is 0 Å². The zero-order chi connectivity index (χ0) is 13.9. The summed E-state index contributed by atoms with van der Waals surface area (Å²) in [5, 5.41) is 0. The largest absolute Gasteiger partial charge is 0.342 e. The molecule has 2 heterocycles. The molecule has 0 bridgehead atoms. The van der Waals surface area contributed by atoms with Gasteiger partial charge in [-0.3, -0.25) is 14.5 Å². The maximum atomic E-state index is 12.2. The van der Waals surface area contributed by atoms with Crippen LogP contribution in [-0.2, 0) is 9.59 Å². The van der Waals surface area contributed by atoms with Crippen molar-refractivity contribution in [3.8, 4) is 0 Å². The van der Waals surface area contributed by atoms with Gasteiger partial charge >= 0.3 is 0 Å². The standard InChI is InChI=1S/C15H25N3O2/c19-14(17-6-1-2-7-17)12-16-8-10-18(11-9-16)15(20)13-4-3-5-13/h13H,1-12H2. The summed E-state index contributed by atoms with van der Waals surface area (Å²) in [5.74, 6) is 0.913. The highest BCUT2D eigenvalue weighted by Crippen LogP contribution is 2.28. The molecule has 3 rings (SSSR count). The monoisotopic (exact) mass is 279 g/mol. The van der Waals surface area contributed by atoms with Crippen molar-refractivity contribution in [2.24, 2.45) is 5.92 Å². The van der Waals surface area contributed by atoms with Gasteiger partial charge in [-0.2, -0.15) is 0 Å². The van der Waals surface area contributed by atoms with Crippen LogP contribution in [0.15, 0.2) is 0 Å². The number of carbonyl (C=O) groups is 2. The maximum absolute atomic E-state index is 12.2. The van der Waals surface area contributed by atoms with Gasteiger partial charge in [0.05, 0.1) is 6.54 Å². The van der Waals surface area contributed by atoms with Crippen LogP contribution in [0.1, 0.15) is 32.1 Å². The lowest BCUT2D eigenvalue weighted by molar-refractivity contribution is -0.140. The maximum Gasteiger partial charge on any atom is 0.236 e. The number of piperazine rings is 1. The first-order chi connectivity index (χ1) is 9.74. The van der Waals surface area contributed by atoms with E-state index in [9.17, 15) is 9.59 Å². The van der Waals surface area contributed by atoms with E-state index in [0.717, 1.165) is 65.0 Å². The Morgan fingerprint density at radius 3 is 2.00 bits per heavy atom. The average molecular weight is 279 g/mol. The normalized spacial score (nSPS) is 24.8. The zero-order valence-electron chi connectivity index (χ0n) is 12.2. The van der Waals surface area contributed by atoms with Gasteiger partial charge in [0.2, 0.25) is 11.8 Å². The molecule has 2 aliphatic heterocycles. The third-order valence-corrected chi connectivity index (χ3v) is 4.96. The van der Waals surface area contributed by atoms with Gasteiger partial charge < -0.3 is 9.80 Å². The Hall–Kier alpha value is -1.10. The predicted molar refractivity (Wildman–Crippen MR) is 76.2 cm³/mol. The lowest BCUT2D eigenvalue weighted by Crippen LogP contribution is -2.53. The molecule has 0 aromatic heterocycles. The molecule has 0 spiro atoms. The Balaban J connectivity index is 1.41. The van der Waals surface area contributed by atoms with Crippen LogP contribution < -0.4 is 0 Å². The summed E-state index contributed by atoms with van der Waals surface area (Å²) in [6.45, 7) is 5.67. The van der Waals surface area contributed by atoms with Crippen molar-refractivity contribution >= 4 is 11.8 Å². The molecular formula is C15H25N3O2. The van der Waals surface area contributed by atoms with E-state index in [1.165, 1.54) is 6.42 Å². The smallest absolute Gasteiger partial charge is 0.236 e. The number of nitrogens with zero attached hydrogens (tertiary/aromatic N) is 3. The molecule has 0 N–H and O–H groups in total. The van der Waals surface area contributed by atoms with Crippen molar-refractivity contribution in [2.75, 3.05) is 45.8 Å². The molecule has 0 atom stereocenters. The SMILES string of the molecule is O=C(CN1CCN(C(=O)C2CCC2)CC1)N1CCCC1. The lowest BCUT2D eigenvalue weighted by Gasteiger charge is -2.38. The van der Waals surface area contributed by atoms with E-state index in [-0.39, 0.29) is 5.91 Å². The average Bonchev–Trinajstić information content (AvgIpc) is 2.91. The summed E-state index contributed by atoms with van der Waals surface area (Å²) in [6.07, 6.45) is 5.66. The Labute approximate surface area is 120 Å². The van der Waals surface area contributed by atoms with Gasteiger partial charge in [0, 0.05) is 45.2 Å². The minimum absolute atomic E-state index is 0.265. The molecule has 1 saturated carbocycles. The highest BCUT2D eigenvalue weighted by molar-refractivity contribution is 5.80. The van der Waals surface area contributed by atoms with Crippen LogP contribution in [-0.4, -0.2) is 72.3 Å². The third-order valence-electron chi connectivity index (χ3n) is 4.96. The Morgan fingerprint density at radius 2 is 1.45 bits per heavy atom. The third kappa shape index (κ3) is 2.97. The van der Waals surface area contributed by atoms with Gasteiger partial charge in [0.15, 0.2) is 0 Å².